The van der Waals surface area contributed by atoms with Crippen molar-refractivity contribution in [2.45, 2.75) is 19.4 Å². The Hall–Kier alpha value is -1.20. The fourth-order valence-corrected chi connectivity index (χ4v) is 1.78. The van der Waals surface area contributed by atoms with Gasteiger partial charge in [-0.2, -0.15) is 0 Å². The number of aliphatic hydroxyl groups is 1. The van der Waals surface area contributed by atoms with Gasteiger partial charge in [-0.3, -0.25) is 0 Å². The lowest BCUT2D eigenvalue weighted by Gasteiger charge is -2.20. The van der Waals surface area contributed by atoms with Crippen molar-refractivity contribution < 1.29 is 14.2 Å². The molecule has 0 amide bonds. The van der Waals surface area contributed by atoms with E-state index in [9.17, 15) is 9.50 Å². The van der Waals surface area contributed by atoms with Crippen LogP contribution in [0.2, 0.25) is 0 Å². The van der Waals surface area contributed by atoms with Crippen molar-refractivity contribution in [3.8, 4) is 0 Å². The van der Waals surface area contributed by atoms with Gasteiger partial charge in [-0.15, -0.1) is 0 Å². The lowest BCUT2D eigenvalue weighted by molar-refractivity contribution is 0.130. The highest BCUT2D eigenvalue weighted by Gasteiger charge is 2.21. The molecule has 1 aromatic rings. The van der Waals surface area contributed by atoms with E-state index in [1.807, 2.05) is 11.9 Å². The van der Waals surface area contributed by atoms with E-state index in [1.165, 1.54) is 18.9 Å². The van der Waals surface area contributed by atoms with E-state index in [0.717, 1.165) is 18.7 Å². The van der Waals surface area contributed by atoms with Crippen molar-refractivity contribution in [2.24, 2.45) is 5.92 Å². The zero-order chi connectivity index (χ0) is 13.0. The van der Waals surface area contributed by atoms with E-state index in [0.29, 0.717) is 24.5 Å². The molecule has 1 heterocycles. The van der Waals surface area contributed by atoms with Crippen molar-refractivity contribution >= 4 is 5.82 Å². The topological polar surface area (TPSA) is 45.6 Å². The third-order valence-electron chi connectivity index (χ3n) is 3.06. The summed E-state index contributed by atoms with van der Waals surface area (Å²) in [5.74, 6) is 0.933. The molecule has 0 saturated heterocycles. The molecule has 1 aromatic heterocycles. The smallest absolute Gasteiger partial charge is 0.142 e. The second-order valence-corrected chi connectivity index (χ2v) is 4.73. The maximum atomic E-state index is 13.0. The number of aliphatic hydroxyl groups excluding tert-OH is 1. The van der Waals surface area contributed by atoms with Crippen molar-refractivity contribution in [2.75, 3.05) is 31.7 Å². The molecule has 4 nitrogen and oxygen atoms in total. The van der Waals surface area contributed by atoms with Crippen LogP contribution in [0.25, 0.3) is 0 Å². The molecule has 0 unspecified atom stereocenters. The molecule has 1 aliphatic rings. The average Bonchev–Trinajstić information content (AvgIpc) is 3.18. The predicted octanol–water partition coefficient (Wildman–Crippen LogP) is 1.58. The van der Waals surface area contributed by atoms with E-state index in [-0.39, 0.29) is 6.61 Å². The Bertz CT molecular complexity index is 397. The van der Waals surface area contributed by atoms with Gasteiger partial charge in [0.2, 0.25) is 0 Å². The first-order valence-corrected chi connectivity index (χ1v) is 6.25. The Balaban J connectivity index is 1.84. The summed E-state index contributed by atoms with van der Waals surface area (Å²) >= 11 is 0. The fraction of sp³-hybridized carbons (Fsp3) is 0.615. The molecule has 1 saturated carbocycles. The molecular weight excluding hydrogens is 235 g/mol. The Morgan fingerprint density at radius 1 is 1.56 bits per heavy atom. The SMILES string of the molecule is CN(CCOCC1CC1)c1ncc(F)cc1CO. The highest BCUT2D eigenvalue weighted by atomic mass is 19.1. The van der Waals surface area contributed by atoms with Gasteiger partial charge in [0.15, 0.2) is 0 Å². The predicted molar refractivity (Wildman–Crippen MR) is 66.9 cm³/mol. The van der Waals surface area contributed by atoms with Crippen LogP contribution in [0.4, 0.5) is 10.2 Å². The number of halogens is 1. The molecule has 0 bridgehead atoms. The number of ether oxygens (including phenoxy) is 1. The van der Waals surface area contributed by atoms with Crippen LogP contribution in [0.3, 0.4) is 0 Å². The molecule has 2 rings (SSSR count). The summed E-state index contributed by atoms with van der Waals surface area (Å²) in [6.45, 7) is 1.92. The third kappa shape index (κ3) is 3.65. The quantitative estimate of drug-likeness (QED) is 0.750. The minimum atomic E-state index is -0.429. The molecule has 1 N–H and O–H groups in total. The molecular formula is C13H19FN2O2. The van der Waals surface area contributed by atoms with Gasteiger partial charge in [0.05, 0.1) is 19.4 Å². The zero-order valence-corrected chi connectivity index (χ0v) is 10.6. The largest absolute Gasteiger partial charge is 0.392 e. The van der Waals surface area contributed by atoms with Gasteiger partial charge in [-0.05, 0) is 24.8 Å². The van der Waals surface area contributed by atoms with Crippen LogP contribution < -0.4 is 4.90 Å². The van der Waals surface area contributed by atoms with E-state index in [4.69, 9.17) is 4.74 Å². The van der Waals surface area contributed by atoms with E-state index in [1.54, 1.807) is 0 Å². The Morgan fingerprint density at radius 3 is 3.00 bits per heavy atom. The summed E-state index contributed by atoms with van der Waals surface area (Å²) in [7, 11) is 1.86. The standard InChI is InChI=1S/C13H19FN2O2/c1-16(4-5-18-9-10-2-3-10)13-11(8-17)6-12(14)7-15-13/h6-7,10,17H,2-5,8-9H2,1H3. The Kier molecular flexibility index (Phi) is 4.49. The zero-order valence-electron chi connectivity index (χ0n) is 10.6. The van der Waals surface area contributed by atoms with Crippen LogP contribution >= 0.6 is 0 Å². The molecule has 0 radical (unpaired) electrons. The molecule has 0 atom stereocenters. The Labute approximate surface area is 106 Å². The molecule has 0 aromatic carbocycles. The summed E-state index contributed by atoms with van der Waals surface area (Å²) in [5.41, 5.74) is 0.500. The molecule has 1 aliphatic carbocycles. The number of hydrogen-bond acceptors (Lipinski definition) is 4. The van der Waals surface area contributed by atoms with Crippen molar-refractivity contribution in [1.82, 2.24) is 4.98 Å². The molecule has 1 fully saturated rings. The van der Waals surface area contributed by atoms with Gasteiger partial charge in [-0.25, -0.2) is 9.37 Å². The second-order valence-electron chi connectivity index (χ2n) is 4.73. The lowest BCUT2D eigenvalue weighted by atomic mass is 10.2. The second kappa shape index (κ2) is 6.11. The fourth-order valence-electron chi connectivity index (χ4n) is 1.78. The van der Waals surface area contributed by atoms with Gasteiger partial charge in [0, 0.05) is 25.8 Å². The summed E-state index contributed by atoms with van der Waals surface area (Å²) in [5, 5.41) is 9.18. The normalized spacial score (nSPS) is 14.8. The highest BCUT2D eigenvalue weighted by Crippen LogP contribution is 2.28. The van der Waals surface area contributed by atoms with E-state index in [2.05, 4.69) is 4.98 Å². The van der Waals surface area contributed by atoms with Crippen molar-refractivity contribution in [1.29, 1.82) is 0 Å². The average molecular weight is 254 g/mol. The maximum absolute atomic E-state index is 13.0. The van der Waals surface area contributed by atoms with Crippen molar-refractivity contribution in [3.05, 3.63) is 23.6 Å². The van der Waals surface area contributed by atoms with Gasteiger partial charge >= 0.3 is 0 Å². The lowest BCUT2D eigenvalue weighted by Crippen LogP contribution is -2.25. The first-order chi connectivity index (χ1) is 8.70. The minimum Gasteiger partial charge on any atom is -0.392 e. The number of pyridine rings is 1. The molecule has 100 valence electrons. The van der Waals surface area contributed by atoms with Crippen LogP contribution in [0.15, 0.2) is 12.3 Å². The summed E-state index contributed by atoms with van der Waals surface area (Å²) in [6.07, 6.45) is 3.73. The molecule has 5 heteroatoms. The van der Waals surface area contributed by atoms with Crippen LogP contribution in [0.5, 0.6) is 0 Å². The number of anilines is 1. The molecule has 18 heavy (non-hydrogen) atoms. The highest BCUT2D eigenvalue weighted by molar-refractivity contribution is 5.45. The summed E-state index contributed by atoms with van der Waals surface area (Å²) in [6, 6.07) is 1.31. The summed E-state index contributed by atoms with van der Waals surface area (Å²) < 4.78 is 18.5. The number of rotatable bonds is 7. The van der Waals surface area contributed by atoms with Crippen LogP contribution in [0.1, 0.15) is 18.4 Å². The van der Waals surface area contributed by atoms with Gasteiger partial charge in [0.25, 0.3) is 0 Å². The first-order valence-electron chi connectivity index (χ1n) is 6.25. The van der Waals surface area contributed by atoms with Gasteiger partial charge < -0.3 is 14.7 Å². The first kappa shape index (κ1) is 13.2. The van der Waals surface area contributed by atoms with Crippen LogP contribution in [-0.4, -0.2) is 36.9 Å². The minimum absolute atomic E-state index is 0.215. The van der Waals surface area contributed by atoms with Gasteiger partial charge in [-0.1, -0.05) is 0 Å². The molecule has 0 spiro atoms. The van der Waals surface area contributed by atoms with Crippen LogP contribution in [-0.2, 0) is 11.3 Å². The summed E-state index contributed by atoms with van der Waals surface area (Å²) in [4.78, 5) is 5.88. The number of hydrogen-bond donors (Lipinski definition) is 1. The monoisotopic (exact) mass is 254 g/mol. The third-order valence-corrected chi connectivity index (χ3v) is 3.06. The Morgan fingerprint density at radius 2 is 2.33 bits per heavy atom. The number of aromatic nitrogens is 1. The van der Waals surface area contributed by atoms with Gasteiger partial charge in [0.1, 0.15) is 11.6 Å². The van der Waals surface area contributed by atoms with Crippen LogP contribution in [0, 0.1) is 11.7 Å². The number of nitrogens with zero attached hydrogens (tertiary/aromatic N) is 2. The number of likely N-dealkylation sites (N-methyl/N-ethyl adjacent to an activating group) is 1. The van der Waals surface area contributed by atoms with E-state index >= 15 is 0 Å². The van der Waals surface area contributed by atoms with Crippen molar-refractivity contribution in [3.63, 3.8) is 0 Å². The van der Waals surface area contributed by atoms with E-state index < -0.39 is 5.82 Å². The maximum Gasteiger partial charge on any atom is 0.142 e. The molecule has 0 aliphatic heterocycles.